The van der Waals surface area contributed by atoms with Gasteiger partial charge in [-0.1, -0.05) is 29.4 Å². The molecule has 0 unspecified atom stereocenters. The molecule has 0 bridgehead atoms. The fourth-order valence-electron chi connectivity index (χ4n) is 3.01. The van der Waals surface area contributed by atoms with Gasteiger partial charge in [0.1, 0.15) is 18.1 Å². The van der Waals surface area contributed by atoms with Gasteiger partial charge in [-0.05, 0) is 48.9 Å². The van der Waals surface area contributed by atoms with Crippen molar-refractivity contribution >= 4 is 22.4 Å². The third-order valence-electron chi connectivity index (χ3n) is 4.58. The molecule has 2 heterocycles. The molecular formula is C22H19N3O3. The highest BCUT2D eigenvalue weighted by Gasteiger charge is 2.17. The summed E-state index contributed by atoms with van der Waals surface area (Å²) in [6.45, 7) is 3.98. The van der Waals surface area contributed by atoms with Crippen LogP contribution in [0.25, 0.3) is 10.8 Å². The summed E-state index contributed by atoms with van der Waals surface area (Å²) in [6.07, 6.45) is 3.26. The molecule has 6 nitrogen and oxygen atoms in total. The Morgan fingerprint density at radius 2 is 1.79 bits per heavy atom. The van der Waals surface area contributed by atoms with Gasteiger partial charge in [-0.2, -0.15) is 0 Å². The Labute approximate surface area is 162 Å². The van der Waals surface area contributed by atoms with E-state index in [1.807, 2.05) is 50.2 Å². The number of ether oxygens (including phenoxy) is 1. The normalized spacial score (nSPS) is 10.8. The van der Waals surface area contributed by atoms with Crippen LogP contribution in [0.5, 0.6) is 5.75 Å². The van der Waals surface area contributed by atoms with E-state index in [-0.39, 0.29) is 12.5 Å². The van der Waals surface area contributed by atoms with Gasteiger partial charge in [0.2, 0.25) is 0 Å². The lowest BCUT2D eigenvalue weighted by Crippen LogP contribution is -2.14. The fraction of sp³-hybridized carbons (Fsp3) is 0.136. The number of carbonyl (C=O) groups is 1. The molecule has 0 saturated carbocycles. The summed E-state index contributed by atoms with van der Waals surface area (Å²) in [7, 11) is 0. The largest absolute Gasteiger partial charge is 0.488 e. The van der Waals surface area contributed by atoms with Crippen molar-refractivity contribution in [2.75, 3.05) is 5.32 Å². The number of pyridine rings is 1. The number of hydrogen-bond acceptors (Lipinski definition) is 5. The van der Waals surface area contributed by atoms with Crippen LogP contribution in [0.3, 0.4) is 0 Å². The maximum absolute atomic E-state index is 12.9. The third kappa shape index (κ3) is 3.57. The zero-order chi connectivity index (χ0) is 19.5. The predicted octanol–water partition coefficient (Wildman–Crippen LogP) is 4.67. The summed E-state index contributed by atoms with van der Waals surface area (Å²) in [5.41, 5.74) is 2.79. The minimum Gasteiger partial charge on any atom is -0.488 e. The van der Waals surface area contributed by atoms with Gasteiger partial charge in [0.05, 0.1) is 16.8 Å². The lowest BCUT2D eigenvalue weighted by atomic mass is 10.0. The number of rotatable bonds is 5. The van der Waals surface area contributed by atoms with Crippen LogP contribution < -0.4 is 10.1 Å². The molecule has 4 aromatic rings. The number of benzene rings is 2. The summed E-state index contributed by atoms with van der Waals surface area (Å²) in [6, 6.07) is 15.1. The molecule has 1 amide bonds. The molecule has 140 valence electrons. The minimum absolute atomic E-state index is 0.245. The zero-order valence-corrected chi connectivity index (χ0v) is 15.6. The van der Waals surface area contributed by atoms with Gasteiger partial charge in [0.15, 0.2) is 0 Å². The molecule has 0 fully saturated rings. The summed E-state index contributed by atoms with van der Waals surface area (Å²) in [4.78, 5) is 16.9. The number of anilines is 1. The van der Waals surface area contributed by atoms with E-state index in [0.29, 0.717) is 22.8 Å². The van der Waals surface area contributed by atoms with Gasteiger partial charge in [-0.15, -0.1) is 0 Å². The van der Waals surface area contributed by atoms with E-state index < -0.39 is 0 Å². The Bertz CT molecular complexity index is 1120. The van der Waals surface area contributed by atoms with Crippen LogP contribution in [0.15, 0.2) is 65.4 Å². The van der Waals surface area contributed by atoms with Crippen molar-refractivity contribution in [2.24, 2.45) is 0 Å². The minimum atomic E-state index is -0.245. The number of aryl methyl sites for hydroxylation is 2. The molecule has 1 N–H and O–H groups in total. The number of amides is 1. The van der Waals surface area contributed by atoms with E-state index in [0.717, 1.165) is 22.0 Å². The molecule has 0 aliphatic heterocycles. The molecule has 0 spiro atoms. The SMILES string of the molecule is Cc1noc(C)c1COc1cc2ccccc2cc1C(=O)Nc1ccncc1. The van der Waals surface area contributed by atoms with E-state index in [9.17, 15) is 4.79 Å². The van der Waals surface area contributed by atoms with Gasteiger partial charge >= 0.3 is 0 Å². The molecule has 28 heavy (non-hydrogen) atoms. The zero-order valence-electron chi connectivity index (χ0n) is 15.6. The average molecular weight is 373 g/mol. The molecule has 0 saturated heterocycles. The Kier molecular flexibility index (Phi) is 4.76. The van der Waals surface area contributed by atoms with Crippen LogP contribution in [-0.4, -0.2) is 16.0 Å². The molecule has 2 aromatic carbocycles. The van der Waals surface area contributed by atoms with Gasteiger partial charge in [-0.3, -0.25) is 9.78 Å². The molecule has 0 aliphatic rings. The van der Waals surface area contributed by atoms with Gasteiger partial charge in [0.25, 0.3) is 5.91 Å². The second kappa shape index (κ2) is 7.52. The summed E-state index contributed by atoms with van der Waals surface area (Å²) in [5.74, 6) is 0.969. The first-order valence-electron chi connectivity index (χ1n) is 8.90. The van der Waals surface area contributed by atoms with E-state index in [1.54, 1.807) is 24.5 Å². The van der Waals surface area contributed by atoms with Crippen LogP contribution in [0.2, 0.25) is 0 Å². The molecule has 2 aromatic heterocycles. The molecule has 0 atom stereocenters. The topological polar surface area (TPSA) is 77.2 Å². The number of nitrogens with zero attached hydrogens (tertiary/aromatic N) is 2. The standard InChI is InChI=1S/C22H19N3O3/c1-14-20(15(2)28-25-14)13-27-21-12-17-6-4-3-5-16(17)11-19(21)22(26)24-18-7-9-23-10-8-18/h3-12H,13H2,1-2H3,(H,23,24,26). The molecule has 4 rings (SSSR count). The second-order valence-electron chi connectivity index (χ2n) is 6.48. The van der Waals surface area contributed by atoms with E-state index in [4.69, 9.17) is 9.26 Å². The first-order chi connectivity index (χ1) is 13.6. The van der Waals surface area contributed by atoms with Gasteiger partial charge in [0, 0.05) is 18.1 Å². The van der Waals surface area contributed by atoms with E-state index in [2.05, 4.69) is 15.5 Å². The molecular weight excluding hydrogens is 354 g/mol. The molecule has 6 heteroatoms. The Hall–Kier alpha value is -3.67. The number of aromatic nitrogens is 2. The first kappa shape index (κ1) is 17.7. The number of nitrogens with one attached hydrogen (secondary N) is 1. The van der Waals surface area contributed by atoms with Crippen LogP contribution in [0.1, 0.15) is 27.4 Å². The maximum atomic E-state index is 12.9. The predicted molar refractivity (Wildman–Crippen MR) is 106 cm³/mol. The Morgan fingerprint density at radius 1 is 1.07 bits per heavy atom. The lowest BCUT2D eigenvalue weighted by Gasteiger charge is -2.13. The second-order valence-corrected chi connectivity index (χ2v) is 6.48. The molecule has 0 radical (unpaired) electrons. The average Bonchev–Trinajstić information content (AvgIpc) is 3.04. The first-order valence-corrected chi connectivity index (χ1v) is 8.90. The van der Waals surface area contributed by atoms with Crippen molar-refractivity contribution in [3.63, 3.8) is 0 Å². The summed E-state index contributed by atoms with van der Waals surface area (Å²) >= 11 is 0. The van der Waals surface area contributed by atoms with Crippen LogP contribution in [0, 0.1) is 13.8 Å². The van der Waals surface area contributed by atoms with Crippen molar-refractivity contribution in [2.45, 2.75) is 20.5 Å². The number of fused-ring (bicyclic) bond motifs is 1. The van der Waals surface area contributed by atoms with Crippen molar-refractivity contribution in [3.8, 4) is 5.75 Å². The fourth-order valence-corrected chi connectivity index (χ4v) is 3.01. The maximum Gasteiger partial charge on any atom is 0.259 e. The quantitative estimate of drug-likeness (QED) is 0.550. The molecule has 0 aliphatic carbocycles. The number of carbonyl (C=O) groups excluding carboxylic acids is 1. The number of hydrogen-bond donors (Lipinski definition) is 1. The summed E-state index contributed by atoms with van der Waals surface area (Å²) < 4.78 is 11.2. The highest BCUT2D eigenvalue weighted by Crippen LogP contribution is 2.28. The highest BCUT2D eigenvalue weighted by atomic mass is 16.5. The van der Waals surface area contributed by atoms with E-state index >= 15 is 0 Å². The van der Waals surface area contributed by atoms with Crippen LogP contribution >= 0.6 is 0 Å². The van der Waals surface area contributed by atoms with E-state index in [1.165, 1.54) is 0 Å². The van der Waals surface area contributed by atoms with Gasteiger partial charge in [-0.25, -0.2) is 0 Å². The highest BCUT2D eigenvalue weighted by molar-refractivity contribution is 6.08. The van der Waals surface area contributed by atoms with Crippen molar-refractivity contribution in [1.82, 2.24) is 10.1 Å². The lowest BCUT2D eigenvalue weighted by molar-refractivity contribution is 0.102. The summed E-state index contributed by atoms with van der Waals surface area (Å²) in [5, 5.41) is 8.80. The van der Waals surface area contributed by atoms with Crippen molar-refractivity contribution in [3.05, 3.63) is 83.5 Å². The van der Waals surface area contributed by atoms with Crippen molar-refractivity contribution in [1.29, 1.82) is 0 Å². The Morgan fingerprint density at radius 3 is 2.46 bits per heavy atom. The van der Waals surface area contributed by atoms with Gasteiger partial charge < -0.3 is 14.6 Å². The van der Waals surface area contributed by atoms with Crippen LogP contribution in [-0.2, 0) is 6.61 Å². The Balaban J connectivity index is 1.69. The van der Waals surface area contributed by atoms with Crippen molar-refractivity contribution < 1.29 is 14.1 Å². The monoisotopic (exact) mass is 373 g/mol. The van der Waals surface area contributed by atoms with Crippen LogP contribution in [0.4, 0.5) is 5.69 Å². The third-order valence-corrected chi connectivity index (χ3v) is 4.58. The smallest absolute Gasteiger partial charge is 0.259 e.